The second-order valence-electron chi connectivity index (χ2n) is 8.25. The maximum atomic E-state index is 11.7. The Morgan fingerprint density at radius 1 is 0.711 bits per heavy atom. The van der Waals surface area contributed by atoms with Crippen LogP contribution in [0.15, 0.2) is 0 Å². The highest BCUT2D eigenvalue weighted by molar-refractivity contribution is 7.80. The first-order chi connectivity index (χ1) is 18.5. The summed E-state index contributed by atoms with van der Waals surface area (Å²) in [6.45, 7) is 10.2. The zero-order valence-corrected chi connectivity index (χ0v) is 24.3. The minimum Gasteiger partial charge on any atom is -0.463 e. The molecule has 38 heavy (non-hydrogen) atoms. The highest BCUT2D eigenvalue weighted by Crippen LogP contribution is 2.24. The van der Waals surface area contributed by atoms with Crippen molar-refractivity contribution in [2.24, 2.45) is 0 Å². The molecule has 0 bridgehead atoms. The molecular formula is C26H51NO10S. The fourth-order valence-electron chi connectivity index (χ4n) is 3.13. The molecule has 1 N–H and O–H groups in total. The molecule has 0 unspecified atom stereocenters. The van der Waals surface area contributed by atoms with Crippen LogP contribution in [0, 0.1) is 0 Å². The Morgan fingerprint density at radius 3 is 1.63 bits per heavy atom. The molecule has 1 saturated carbocycles. The number of carbonyl (C=O) groups is 3. The third kappa shape index (κ3) is 24.9. The van der Waals surface area contributed by atoms with Crippen molar-refractivity contribution in [2.75, 3.05) is 79.2 Å². The highest BCUT2D eigenvalue weighted by atomic mass is 32.1. The predicted molar refractivity (Wildman–Crippen MR) is 148 cm³/mol. The van der Waals surface area contributed by atoms with Gasteiger partial charge >= 0.3 is 12.1 Å². The first kappa shape index (κ1) is 36.6. The minimum atomic E-state index is -0.396. The second kappa shape index (κ2) is 27.1. The predicted octanol–water partition coefficient (Wildman–Crippen LogP) is 3.22. The highest BCUT2D eigenvalue weighted by Gasteiger charge is 2.21. The topological polar surface area (TPSA) is 128 Å². The van der Waals surface area contributed by atoms with Gasteiger partial charge in [-0.2, -0.15) is 12.6 Å². The number of hydrogen-bond donors (Lipinski definition) is 2. The SMILES string of the molecule is CC.CC(=O)CCC(=O)OCCOCCOCCOCCOCCOCCNC(=O)OC1CCC(S)CC1.[HH]. The quantitative estimate of drug-likeness (QED) is 0.114. The number of alkyl carbamates (subject to hydrolysis) is 1. The van der Waals surface area contributed by atoms with Gasteiger partial charge in [0.05, 0.1) is 72.5 Å². The minimum absolute atomic E-state index is 0. The Bertz CT molecular complexity index is 595. The van der Waals surface area contributed by atoms with Gasteiger partial charge in [0.15, 0.2) is 0 Å². The zero-order chi connectivity index (χ0) is 28.3. The molecule has 0 aromatic heterocycles. The van der Waals surface area contributed by atoms with Crippen LogP contribution >= 0.6 is 12.6 Å². The van der Waals surface area contributed by atoms with Crippen LogP contribution in [-0.2, 0) is 42.7 Å². The van der Waals surface area contributed by atoms with E-state index in [2.05, 4.69) is 17.9 Å². The molecule has 0 spiro atoms. The van der Waals surface area contributed by atoms with Crippen LogP contribution in [0.5, 0.6) is 0 Å². The molecule has 1 rings (SSSR count). The van der Waals surface area contributed by atoms with Gasteiger partial charge in [0, 0.05) is 19.6 Å². The molecule has 0 aromatic rings. The van der Waals surface area contributed by atoms with Crippen LogP contribution in [0.4, 0.5) is 4.79 Å². The van der Waals surface area contributed by atoms with Gasteiger partial charge in [0.1, 0.15) is 18.5 Å². The lowest BCUT2D eigenvalue weighted by Gasteiger charge is -2.25. The van der Waals surface area contributed by atoms with Crippen molar-refractivity contribution in [1.82, 2.24) is 5.32 Å². The van der Waals surface area contributed by atoms with E-state index in [0.717, 1.165) is 25.7 Å². The summed E-state index contributed by atoms with van der Waals surface area (Å²) in [6.07, 6.45) is 3.60. The lowest BCUT2D eigenvalue weighted by atomic mass is 9.97. The summed E-state index contributed by atoms with van der Waals surface area (Å²) in [6, 6.07) is 0. The summed E-state index contributed by atoms with van der Waals surface area (Å²) in [5.41, 5.74) is 0. The first-order valence-corrected chi connectivity index (χ1v) is 14.1. The number of Topliss-reactive ketones (excluding diaryl/α,β-unsaturated/α-hetero) is 1. The van der Waals surface area contributed by atoms with E-state index in [1.807, 2.05) is 13.8 Å². The van der Waals surface area contributed by atoms with Crippen LogP contribution in [-0.4, -0.2) is 108 Å². The summed E-state index contributed by atoms with van der Waals surface area (Å²) in [5.74, 6) is -0.432. The summed E-state index contributed by atoms with van der Waals surface area (Å²) in [4.78, 5) is 33.8. The third-order valence-corrected chi connectivity index (χ3v) is 5.61. The molecule has 226 valence electrons. The van der Waals surface area contributed by atoms with E-state index in [-0.39, 0.29) is 39.4 Å². The number of thiol groups is 1. The van der Waals surface area contributed by atoms with Crippen molar-refractivity contribution in [2.45, 2.75) is 70.7 Å². The maximum absolute atomic E-state index is 11.7. The van der Waals surface area contributed by atoms with Gasteiger partial charge in [-0.3, -0.25) is 4.79 Å². The van der Waals surface area contributed by atoms with Crippen molar-refractivity contribution in [3.8, 4) is 0 Å². The van der Waals surface area contributed by atoms with E-state index in [9.17, 15) is 14.4 Å². The Morgan fingerprint density at radius 2 is 1.16 bits per heavy atom. The lowest BCUT2D eigenvalue weighted by molar-refractivity contribution is -0.146. The van der Waals surface area contributed by atoms with Gasteiger partial charge in [-0.1, -0.05) is 13.8 Å². The van der Waals surface area contributed by atoms with Gasteiger partial charge in [0.25, 0.3) is 0 Å². The van der Waals surface area contributed by atoms with Crippen molar-refractivity contribution >= 4 is 30.5 Å². The van der Waals surface area contributed by atoms with Crippen molar-refractivity contribution in [1.29, 1.82) is 0 Å². The van der Waals surface area contributed by atoms with E-state index < -0.39 is 12.1 Å². The van der Waals surface area contributed by atoms with Crippen molar-refractivity contribution in [3.63, 3.8) is 0 Å². The molecular weight excluding hydrogens is 518 g/mol. The molecule has 0 atom stereocenters. The number of amides is 1. The summed E-state index contributed by atoms with van der Waals surface area (Å²) >= 11 is 4.44. The Hall–Kier alpha value is -1.44. The second-order valence-corrected chi connectivity index (χ2v) is 8.98. The van der Waals surface area contributed by atoms with Crippen LogP contribution in [0.25, 0.3) is 0 Å². The lowest BCUT2D eigenvalue weighted by Crippen LogP contribution is -2.33. The molecule has 1 aliphatic carbocycles. The fraction of sp³-hybridized carbons (Fsp3) is 0.885. The molecule has 12 heteroatoms. The normalized spacial score (nSPS) is 16.7. The van der Waals surface area contributed by atoms with E-state index >= 15 is 0 Å². The van der Waals surface area contributed by atoms with Gasteiger partial charge < -0.3 is 43.3 Å². The van der Waals surface area contributed by atoms with Gasteiger partial charge in [-0.05, 0) is 32.6 Å². The number of ketones is 1. The van der Waals surface area contributed by atoms with Crippen LogP contribution < -0.4 is 5.32 Å². The molecule has 0 heterocycles. The standard InChI is InChI=1S/C24H43NO10S.C2H6.H2/c1-20(26)2-7-23(27)34-19-18-33-17-16-32-15-14-31-13-12-30-11-10-29-9-8-25-24(28)35-21-3-5-22(36)6-4-21;1-2;/h21-22,36H,2-19H2,1H3,(H,25,28);1-2H3;1H. The summed E-state index contributed by atoms with van der Waals surface area (Å²) < 4.78 is 37.2. The number of esters is 1. The summed E-state index contributed by atoms with van der Waals surface area (Å²) in [5, 5.41) is 3.11. The van der Waals surface area contributed by atoms with E-state index in [4.69, 9.17) is 33.2 Å². The van der Waals surface area contributed by atoms with Crippen molar-refractivity contribution in [3.05, 3.63) is 0 Å². The Labute approximate surface area is 234 Å². The summed E-state index contributed by atoms with van der Waals surface area (Å²) in [7, 11) is 0. The average Bonchev–Trinajstić information content (AvgIpc) is 2.91. The van der Waals surface area contributed by atoms with Crippen LogP contribution in [0.1, 0.15) is 60.7 Å². The monoisotopic (exact) mass is 569 g/mol. The molecule has 0 aliphatic heterocycles. The average molecular weight is 570 g/mol. The zero-order valence-electron chi connectivity index (χ0n) is 23.4. The van der Waals surface area contributed by atoms with Crippen molar-refractivity contribution < 1.29 is 49.0 Å². The molecule has 0 saturated heterocycles. The molecule has 1 amide bonds. The molecule has 1 aliphatic rings. The first-order valence-electron chi connectivity index (χ1n) is 13.6. The Balaban J connectivity index is 0. The molecule has 11 nitrogen and oxygen atoms in total. The number of carbonyl (C=O) groups excluding carboxylic acids is 3. The fourth-order valence-corrected chi connectivity index (χ4v) is 3.43. The number of rotatable bonds is 22. The largest absolute Gasteiger partial charge is 0.463 e. The van der Waals surface area contributed by atoms with E-state index in [1.54, 1.807) is 0 Å². The van der Waals surface area contributed by atoms with Gasteiger partial charge in [-0.25, -0.2) is 4.79 Å². The maximum Gasteiger partial charge on any atom is 0.407 e. The smallest absolute Gasteiger partial charge is 0.407 e. The molecule has 1 fully saturated rings. The number of hydrogen-bond acceptors (Lipinski definition) is 11. The van der Waals surface area contributed by atoms with Crippen LogP contribution in [0.2, 0.25) is 0 Å². The van der Waals surface area contributed by atoms with E-state index in [1.165, 1.54) is 6.92 Å². The molecule has 0 radical (unpaired) electrons. The van der Waals surface area contributed by atoms with Gasteiger partial charge in [-0.15, -0.1) is 0 Å². The van der Waals surface area contributed by atoms with E-state index in [0.29, 0.717) is 71.3 Å². The third-order valence-electron chi connectivity index (χ3n) is 5.09. The molecule has 0 aromatic carbocycles. The van der Waals surface area contributed by atoms with Gasteiger partial charge in [0.2, 0.25) is 0 Å². The number of nitrogens with one attached hydrogen (secondary N) is 1. The number of ether oxygens (including phenoxy) is 7. The van der Waals surface area contributed by atoms with Crippen LogP contribution in [0.3, 0.4) is 0 Å². The Kier molecular flexibility index (Phi) is 26.1.